The molecule has 20 heavy (non-hydrogen) atoms. The Labute approximate surface area is 117 Å². The molecule has 1 N–H and O–H groups in total. The fourth-order valence-electron chi connectivity index (χ4n) is 2.35. The lowest BCUT2D eigenvalue weighted by atomic mass is 9.83. The lowest BCUT2D eigenvalue weighted by Crippen LogP contribution is -2.26. The summed E-state index contributed by atoms with van der Waals surface area (Å²) in [5.74, 6) is -0.755. The zero-order valence-corrected chi connectivity index (χ0v) is 12.0. The van der Waals surface area contributed by atoms with Gasteiger partial charge >= 0.3 is 5.97 Å². The molecule has 1 unspecified atom stereocenters. The largest absolute Gasteiger partial charge is 0.481 e. The molecule has 0 amide bonds. The van der Waals surface area contributed by atoms with Gasteiger partial charge in [-0.1, -0.05) is 24.2 Å². The monoisotopic (exact) mass is 280 g/mol. The molecular formula is C14H20N2O4. The minimum atomic E-state index is -0.830. The number of hydrogen-bond donors (Lipinski definition) is 1. The molecule has 6 nitrogen and oxygen atoms in total. The maximum atomic E-state index is 11.3. The van der Waals surface area contributed by atoms with Gasteiger partial charge in [0.05, 0.1) is 11.8 Å². The number of rotatable bonds is 5. The minimum Gasteiger partial charge on any atom is -0.481 e. The summed E-state index contributed by atoms with van der Waals surface area (Å²) in [6.45, 7) is 3.86. The van der Waals surface area contributed by atoms with Crippen LogP contribution < -0.4 is 0 Å². The predicted molar refractivity (Wildman–Crippen MR) is 71.2 cm³/mol. The molecule has 3 atom stereocenters. The van der Waals surface area contributed by atoms with Gasteiger partial charge in [-0.25, -0.2) is 0 Å². The van der Waals surface area contributed by atoms with Crippen molar-refractivity contribution in [1.82, 2.24) is 10.1 Å². The third-order valence-corrected chi connectivity index (χ3v) is 4.11. The topological polar surface area (TPSA) is 85.5 Å². The summed E-state index contributed by atoms with van der Waals surface area (Å²) in [4.78, 5) is 15.7. The number of aliphatic carboxylic acids is 1. The van der Waals surface area contributed by atoms with Gasteiger partial charge in [0.1, 0.15) is 5.60 Å². The van der Waals surface area contributed by atoms with Crippen LogP contribution in [0.5, 0.6) is 0 Å². The number of allylic oxidation sites excluding steroid dienone is 2. The van der Waals surface area contributed by atoms with Crippen molar-refractivity contribution in [1.29, 1.82) is 0 Å². The molecule has 0 bridgehead atoms. The highest BCUT2D eigenvalue weighted by Gasteiger charge is 2.36. The zero-order chi connectivity index (χ0) is 14.8. The Hall–Kier alpha value is -1.69. The summed E-state index contributed by atoms with van der Waals surface area (Å²) >= 11 is 0. The van der Waals surface area contributed by atoms with E-state index in [2.05, 4.69) is 10.1 Å². The fourth-order valence-corrected chi connectivity index (χ4v) is 2.35. The number of methoxy groups -OCH3 is 1. The molecule has 0 saturated heterocycles. The Balaban J connectivity index is 2.28. The van der Waals surface area contributed by atoms with E-state index in [1.165, 1.54) is 0 Å². The van der Waals surface area contributed by atoms with E-state index in [4.69, 9.17) is 9.26 Å². The molecule has 0 aliphatic heterocycles. The summed E-state index contributed by atoms with van der Waals surface area (Å²) in [7, 11) is 1.60. The normalized spacial score (nSPS) is 25.4. The highest BCUT2D eigenvalue weighted by atomic mass is 16.5. The summed E-state index contributed by atoms with van der Waals surface area (Å²) in [6, 6.07) is 0. The average Bonchev–Trinajstić information content (AvgIpc) is 2.96. The molecule has 0 aromatic carbocycles. The summed E-state index contributed by atoms with van der Waals surface area (Å²) < 4.78 is 10.7. The molecule has 1 aromatic heterocycles. The maximum Gasteiger partial charge on any atom is 0.307 e. The molecule has 6 heteroatoms. The molecule has 110 valence electrons. The molecule has 0 spiro atoms. The lowest BCUT2D eigenvalue weighted by Gasteiger charge is -2.23. The van der Waals surface area contributed by atoms with Gasteiger partial charge < -0.3 is 14.4 Å². The van der Waals surface area contributed by atoms with Crippen molar-refractivity contribution >= 4 is 5.97 Å². The van der Waals surface area contributed by atoms with Crippen LogP contribution in [0.4, 0.5) is 0 Å². The smallest absolute Gasteiger partial charge is 0.307 e. The lowest BCUT2D eigenvalue weighted by molar-refractivity contribution is -0.142. The molecule has 1 aliphatic rings. The Morgan fingerprint density at radius 1 is 1.55 bits per heavy atom. The third kappa shape index (κ3) is 2.60. The molecule has 0 radical (unpaired) electrons. The van der Waals surface area contributed by atoms with Crippen molar-refractivity contribution in [2.24, 2.45) is 5.92 Å². The molecule has 2 rings (SSSR count). The van der Waals surface area contributed by atoms with Gasteiger partial charge in [0, 0.05) is 7.11 Å². The molecular weight excluding hydrogens is 260 g/mol. The van der Waals surface area contributed by atoms with Crippen LogP contribution in [0.15, 0.2) is 16.7 Å². The van der Waals surface area contributed by atoms with E-state index in [0.717, 1.165) is 0 Å². The summed E-state index contributed by atoms with van der Waals surface area (Å²) in [5.41, 5.74) is -0.606. The van der Waals surface area contributed by atoms with Crippen molar-refractivity contribution < 1.29 is 19.2 Å². The van der Waals surface area contributed by atoms with Crippen molar-refractivity contribution in [3.8, 4) is 0 Å². The van der Waals surface area contributed by atoms with Gasteiger partial charge in [0.15, 0.2) is 0 Å². The van der Waals surface area contributed by atoms with Crippen LogP contribution >= 0.6 is 0 Å². The number of aromatic nitrogens is 2. The standard InChI is InChI=1S/C14H20N2O4/c1-4-14(2,19-3)13-15-11(20-16-13)9-7-5-6-8-10(9)12(17)18/h5-6,9-10H,4,7-8H2,1-3H3,(H,17,18)/t9-,10+,14?/m1/s1. The molecule has 1 heterocycles. The number of hydrogen-bond acceptors (Lipinski definition) is 5. The van der Waals surface area contributed by atoms with Gasteiger partial charge in [-0.15, -0.1) is 0 Å². The number of ether oxygens (including phenoxy) is 1. The average molecular weight is 280 g/mol. The van der Waals surface area contributed by atoms with Gasteiger partial charge in [0.25, 0.3) is 0 Å². The Bertz CT molecular complexity index is 505. The third-order valence-electron chi connectivity index (χ3n) is 4.11. The van der Waals surface area contributed by atoms with Crippen molar-refractivity contribution in [2.75, 3.05) is 7.11 Å². The SMILES string of the molecule is CCC(C)(OC)c1noc([C@@H]2CC=CC[C@@H]2C(=O)O)n1. The van der Waals surface area contributed by atoms with Gasteiger partial charge in [0.2, 0.25) is 11.7 Å². The second kappa shape index (κ2) is 5.75. The Morgan fingerprint density at radius 2 is 2.25 bits per heavy atom. The van der Waals surface area contributed by atoms with Crippen LogP contribution in [0.2, 0.25) is 0 Å². The highest BCUT2D eigenvalue weighted by Crippen LogP contribution is 2.35. The number of carboxylic acid groups (broad SMARTS) is 1. The Kier molecular flexibility index (Phi) is 4.23. The number of carbonyl (C=O) groups is 1. The fraction of sp³-hybridized carbons (Fsp3) is 0.643. The molecule has 0 saturated carbocycles. The van der Waals surface area contributed by atoms with E-state index in [-0.39, 0.29) is 5.92 Å². The van der Waals surface area contributed by atoms with Crippen molar-refractivity contribution in [2.45, 2.75) is 44.6 Å². The van der Waals surface area contributed by atoms with E-state index in [0.29, 0.717) is 31.0 Å². The number of nitrogens with zero attached hydrogens (tertiary/aromatic N) is 2. The van der Waals surface area contributed by atoms with E-state index in [1.807, 2.05) is 26.0 Å². The summed E-state index contributed by atoms with van der Waals surface area (Å²) in [6.07, 6.45) is 5.65. The first-order chi connectivity index (χ1) is 9.51. The van der Waals surface area contributed by atoms with Gasteiger partial charge in [-0.2, -0.15) is 4.98 Å². The van der Waals surface area contributed by atoms with E-state index in [1.54, 1.807) is 7.11 Å². The van der Waals surface area contributed by atoms with Crippen LogP contribution in [0.3, 0.4) is 0 Å². The van der Waals surface area contributed by atoms with Crippen LogP contribution in [0.1, 0.15) is 50.7 Å². The molecule has 1 aliphatic carbocycles. The first-order valence-electron chi connectivity index (χ1n) is 6.79. The van der Waals surface area contributed by atoms with E-state index in [9.17, 15) is 9.90 Å². The van der Waals surface area contributed by atoms with Crippen LogP contribution in [-0.4, -0.2) is 28.3 Å². The molecule has 0 fully saturated rings. The van der Waals surface area contributed by atoms with E-state index < -0.39 is 17.5 Å². The second-order valence-corrected chi connectivity index (χ2v) is 5.24. The maximum absolute atomic E-state index is 11.3. The highest BCUT2D eigenvalue weighted by molar-refractivity contribution is 5.71. The first-order valence-corrected chi connectivity index (χ1v) is 6.79. The van der Waals surface area contributed by atoms with Gasteiger partial charge in [-0.05, 0) is 26.2 Å². The van der Waals surface area contributed by atoms with Crippen LogP contribution in [-0.2, 0) is 15.1 Å². The molecule has 1 aromatic rings. The quantitative estimate of drug-likeness (QED) is 0.834. The zero-order valence-electron chi connectivity index (χ0n) is 12.0. The van der Waals surface area contributed by atoms with Gasteiger partial charge in [-0.3, -0.25) is 4.79 Å². The Morgan fingerprint density at radius 3 is 2.85 bits per heavy atom. The van der Waals surface area contributed by atoms with Crippen LogP contribution in [0, 0.1) is 5.92 Å². The second-order valence-electron chi connectivity index (χ2n) is 5.24. The van der Waals surface area contributed by atoms with Crippen LogP contribution in [0.25, 0.3) is 0 Å². The van der Waals surface area contributed by atoms with Crippen molar-refractivity contribution in [3.63, 3.8) is 0 Å². The number of carboxylic acids is 1. The minimum absolute atomic E-state index is 0.267. The summed E-state index contributed by atoms with van der Waals surface area (Å²) in [5, 5.41) is 13.3. The van der Waals surface area contributed by atoms with Crippen molar-refractivity contribution in [3.05, 3.63) is 23.9 Å². The van der Waals surface area contributed by atoms with E-state index >= 15 is 0 Å². The first kappa shape index (κ1) is 14.7. The predicted octanol–water partition coefficient (Wildman–Crippen LogP) is 2.48.